The number of rotatable bonds is 1. The Kier molecular flexibility index (Phi) is 2.51. The fourth-order valence-corrected chi connectivity index (χ4v) is 1.16. The number of aromatic nitrogens is 1. The average Bonchev–Trinajstić information content (AvgIpc) is 1.88. The first-order chi connectivity index (χ1) is 4.74. The van der Waals surface area contributed by atoms with Crippen LogP contribution in [0.4, 0.5) is 5.69 Å². The standard InChI is InChI=1S/C6H6BrClN2/c7-6-1-5(9)4(2-8)3-10-6/h1,3H,2H2,(H2,9,10). The first-order valence-electron chi connectivity index (χ1n) is 2.70. The molecule has 1 heterocycles. The molecule has 0 atom stereocenters. The molecule has 0 fully saturated rings. The van der Waals surface area contributed by atoms with E-state index in [-0.39, 0.29) is 0 Å². The van der Waals surface area contributed by atoms with Gasteiger partial charge in [-0.3, -0.25) is 0 Å². The van der Waals surface area contributed by atoms with E-state index in [4.69, 9.17) is 17.3 Å². The molecule has 2 N–H and O–H groups in total. The van der Waals surface area contributed by atoms with Gasteiger partial charge in [0.05, 0.1) is 5.88 Å². The summed E-state index contributed by atoms with van der Waals surface area (Å²) in [6.07, 6.45) is 1.66. The maximum absolute atomic E-state index is 5.58. The van der Waals surface area contributed by atoms with Crippen LogP contribution < -0.4 is 5.73 Å². The molecular formula is C6H6BrClN2. The van der Waals surface area contributed by atoms with Crippen molar-refractivity contribution in [3.8, 4) is 0 Å². The highest BCUT2D eigenvalue weighted by molar-refractivity contribution is 9.10. The maximum Gasteiger partial charge on any atom is 0.108 e. The van der Waals surface area contributed by atoms with Gasteiger partial charge in [-0.15, -0.1) is 11.6 Å². The van der Waals surface area contributed by atoms with Crippen LogP contribution in [0.15, 0.2) is 16.9 Å². The second-order valence-corrected chi connectivity index (χ2v) is 2.92. The van der Waals surface area contributed by atoms with Crippen molar-refractivity contribution in [1.29, 1.82) is 0 Å². The Morgan fingerprint density at radius 2 is 2.40 bits per heavy atom. The summed E-state index contributed by atoms with van der Waals surface area (Å²) in [5.74, 6) is 0.409. The molecule has 0 aromatic carbocycles. The highest BCUT2D eigenvalue weighted by Gasteiger charge is 1.97. The molecule has 0 aliphatic heterocycles. The van der Waals surface area contributed by atoms with Gasteiger partial charge >= 0.3 is 0 Å². The Labute approximate surface area is 72.5 Å². The second-order valence-electron chi connectivity index (χ2n) is 1.84. The minimum atomic E-state index is 0.409. The zero-order chi connectivity index (χ0) is 7.56. The number of hydrogen-bond donors (Lipinski definition) is 1. The van der Waals surface area contributed by atoms with Gasteiger partial charge < -0.3 is 5.73 Å². The Morgan fingerprint density at radius 1 is 1.70 bits per heavy atom. The molecule has 0 amide bonds. The molecule has 0 bridgehead atoms. The smallest absolute Gasteiger partial charge is 0.108 e. The Bertz CT molecular complexity index is 239. The van der Waals surface area contributed by atoms with Crippen molar-refractivity contribution < 1.29 is 0 Å². The van der Waals surface area contributed by atoms with Crippen LogP contribution in [0.25, 0.3) is 0 Å². The molecular weight excluding hydrogens is 215 g/mol. The normalized spacial score (nSPS) is 9.80. The zero-order valence-corrected chi connectivity index (χ0v) is 7.48. The SMILES string of the molecule is Nc1cc(Br)ncc1CCl. The lowest BCUT2D eigenvalue weighted by Gasteiger charge is -1.99. The lowest BCUT2D eigenvalue weighted by Crippen LogP contribution is -1.92. The molecule has 2 nitrogen and oxygen atoms in total. The number of nitrogens with two attached hydrogens (primary N) is 1. The van der Waals surface area contributed by atoms with Crippen molar-refractivity contribution >= 4 is 33.2 Å². The summed E-state index contributed by atoms with van der Waals surface area (Å²) in [7, 11) is 0. The van der Waals surface area contributed by atoms with E-state index in [1.165, 1.54) is 0 Å². The van der Waals surface area contributed by atoms with Crippen molar-refractivity contribution in [1.82, 2.24) is 4.98 Å². The van der Waals surface area contributed by atoms with Gasteiger partial charge in [-0.25, -0.2) is 4.98 Å². The summed E-state index contributed by atoms with van der Waals surface area (Å²) in [4.78, 5) is 3.96. The van der Waals surface area contributed by atoms with Crippen molar-refractivity contribution in [2.75, 3.05) is 5.73 Å². The molecule has 1 aromatic rings. The number of alkyl halides is 1. The molecule has 0 saturated carbocycles. The molecule has 10 heavy (non-hydrogen) atoms. The lowest BCUT2D eigenvalue weighted by atomic mass is 10.3. The second kappa shape index (κ2) is 3.21. The molecule has 1 rings (SSSR count). The Hall–Kier alpha value is -0.280. The average molecular weight is 221 g/mol. The highest BCUT2D eigenvalue weighted by Crippen LogP contribution is 2.16. The summed E-state index contributed by atoms with van der Waals surface area (Å²) >= 11 is 8.74. The van der Waals surface area contributed by atoms with Crippen LogP contribution >= 0.6 is 27.5 Å². The Balaban J connectivity index is 3.07. The van der Waals surface area contributed by atoms with E-state index in [0.29, 0.717) is 11.6 Å². The van der Waals surface area contributed by atoms with Gasteiger partial charge in [0.15, 0.2) is 0 Å². The molecule has 0 radical (unpaired) electrons. The van der Waals surface area contributed by atoms with Crippen LogP contribution in [0.3, 0.4) is 0 Å². The maximum atomic E-state index is 5.58. The third-order valence-electron chi connectivity index (χ3n) is 1.13. The fourth-order valence-electron chi connectivity index (χ4n) is 0.584. The zero-order valence-electron chi connectivity index (χ0n) is 5.14. The van der Waals surface area contributed by atoms with E-state index in [1.54, 1.807) is 12.3 Å². The summed E-state index contributed by atoms with van der Waals surface area (Å²) in [5.41, 5.74) is 7.12. The van der Waals surface area contributed by atoms with E-state index in [2.05, 4.69) is 20.9 Å². The van der Waals surface area contributed by atoms with Crippen LogP contribution in [0, 0.1) is 0 Å². The molecule has 1 aromatic heterocycles. The van der Waals surface area contributed by atoms with Crippen LogP contribution in [-0.2, 0) is 5.88 Å². The van der Waals surface area contributed by atoms with E-state index in [9.17, 15) is 0 Å². The van der Waals surface area contributed by atoms with Crippen LogP contribution in [0.5, 0.6) is 0 Å². The van der Waals surface area contributed by atoms with Crippen LogP contribution in [0.1, 0.15) is 5.56 Å². The molecule has 0 aliphatic carbocycles. The monoisotopic (exact) mass is 220 g/mol. The fraction of sp³-hybridized carbons (Fsp3) is 0.167. The number of nitrogen functional groups attached to an aromatic ring is 1. The summed E-state index contributed by atoms with van der Waals surface area (Å²) in [5, 5.41) is 0. The van der Waals surface area contributed by atoms with Gasteiger partial charge in [-0.2, -0.15) is 0 Å². The van der Waals surface area contributed by atoms with Gasteiger partial charge in [-0.05, 0) is 22.0 Å². The Morgan fingerprint density at radius 3 is 2.90 bits per heavy atom. The van der Waals surface area contributed by atoms with Gasteiger partial charge in [0.1, 0.15) is 4.60 Å². The summed E-state index contributed by atoms with van der Waals surface area (Å²) in [6.45, 7) is 0. The predicted molar refractivity (Wildman–Crippen MR) is 45.9 cm³/mol. The largest absolute Gasteiger partial charge is 0.398 e. The van der Waals surface area contributed by atoms with E-state index < -0.39 is 0 Å². The molecule has 54 valence electrons. The lowest BCUT2D eigenvalue weighted by molar-refractivity contribution is 1.22. The first kappa shape index (κ1) is 7.82. The van der Waals surface area contributed by atoms with Crippen molar-refractivity contribution in [2.24, 2.45) is 0 Å². The van der Waals surface area contributed by atoms with Gasteiger partial charge in [0.25, 0.3) is 0 Å². The van der Waals surface area contributed by atoms with E-state index >= 15 is 0 Å². The topological polar surface area (TPSA) is 38.9 Å². The van der Waals surface area contributed by atoms with Crippen molar-refractivity contribution in [3.63, 3.8) is 0 Å². The van der Waals surface area contributed by atoms with Crippen molar-refractivity contribution in [3.05, 3.63) is 22.4 Å². The predicted octanol–water partition coefficient (Wildman–Crippen LogP) is 2.17. The molecule has 0 aliphatic rings. The van der Waals surface area contributed by atoms with Crippen LogP contribution in [-0.4, -0.2) is 4.98 Å². The van der Waals surface area contributed by atoms with Gasteiger partial charge in [0.2, 0.25) is 0 Å². The highest BCUT2D eigenvalue weighted by atomic mass is 79.9. The third-order valence-corrected chi connectivity index (χ3v) is 1.85. The molecule has 0 saturated heterocycles. The first-order valence-corrected chi connectivity index (χ1v) is 4.02. The quantitative estimate of drug-likeness (QED) is 0.583. The molecule has 4 heteroatoms. The van der Waals surface area contributed by atoms with E-state index in [0.717, 1.165) is 10.2 Å². The van der Waals surface area contributed by atoms with Gasteiger partial charge in [-0.1, -0.05) is 0 Å². The number of nitrogens with zero attached hydrogens (tertiary/aromatic N) is 1. The minimum absolute atomic E-state index is 0.409. The number of pyridine rings is 1. The number of anilines is 1. The minimum Gasteiger partial charge on any atom is -0.398 e. The third kappa shape index (κ3) is 1.61. The summed E-state index contributed by atoms with van der Waals surface area (Å²) < 4.78 is 0.735. The molecule has 0 spiro atoms. The number of halogens is 2. The molecule has 0 unspecified atom stereocenters. The van der Waals surface area contributed by atoms with E-state index in [1.807, 2.05) is 0 Å². The number of hydrogen-bond acceptors (Lipinski definition) is 2. The summed E-state index contributed by atoms with van der Waals surface area (Å²) in [6, 6.07) is 1.73. The van der Waals surface area contributed by atoms with Crippen LogP contribution in [0.2, 0.25) is 0 Å². The van der Waals surface area contributed by atoms with Gasteiger partial charge in [0, 0.05) is 17.4 Å². The van der Waals surface area contributed by atoms with Crippen molar-refractivity contribution in [2.45, 2.75) is 5.88 Å².